The monoisotopic (exact) mass is 419 g/mol. The quantitative estimate of drug-likeness (QED) is 0.615. The van der Waals surface area contributed by atoms with Gasteiger partial charge in [0.2, 0.25) is 5.91 Å². The summed E-state index contributed by atoms with van der Waals surface area (Å²) < 4.78 is 8.67. The third kappa shape index (κ3) is 3.48. The number of ether oxygens (including phenoxy) is 1. The molecule has 0 aromatic carbocycles. The lowest BCUT2D eigenvalue weighted by atomic mass is 10.1. The number of nitrogens with zero attached hydrogens (tertiary/aromatic N) is 4. The van der Waals surface area contributed by atoms with Crippen molar-refractivity contribution in [3.63, 3.8) is 0 Å². The summed E-state index contributed by atoms with van der Waals surface area (Å²) in [5.41, 5.74) is 0.385. The van der Waals surface area contributed by atoms with Crippen LogP contribution in [0.2, 0.25) is 0 Å². The molecule has 3 heterocycles. The predicted octanol–water partition coefficient (Wildman–Crippen LogP) is 0.927. The Morgan fingerprint density at radius 3 is 2.55 bits per heavy atom. The molecule has 3 aromatic rings. The number of fused-ring (bicyclic) bond motifs is 1. The van der Waals surface area contributed by atoms with E-state index in [0.29, 0.717) is 10.6 Å². The third-order valence-electron chi connectivity index (χ3n) is 4.65. The number of aromatic nitrogens is 4. The highest BCUT2D eigenvalue weighted by atomic mass is 32.1. The van der Waals surface area contributed by atoms with Gasteiger partial charge in [0.15, 0.2) is 11.2 Å². The Kier molecular flexibility index (Phi) is 5.42. The van der Waals surface area contributed by atoms with Crippen LogP contribution < -0.4 is 16.6 Å². The van der Waals surface area contributed by atoms with E-state index in [1.165, 1.54) is 40.9 Å². The average Bonchev–Trinajstić information content (AvgIpc) is 3.19. The molecular formula is C18H21N5O5S. The first kappa shape index (κ1) is 20.5. The summed E-state index contributed by atoms with van der Waals surface area (Å²) >= 11 is 1.28. The second kappa shape index (κ2) is 7.66. The van der Waals surface area contributed by atoms with Crippen LogP contribution in [0.15, 0.2) is 15.9 Å². The highest BCUT2D eigenvalue weighted by Gasteiger charge is 2.23. The summed E-state index contributed by atoms with van der Waals surface area (Å²) in [6, 6.07) is 0. The van der Waals surface area contributed by atoms with Gasteiger partial charge in [-0.05, 0) is 26.3 Å². The van der Waals surface area contributed by atoms with E-state index in [-0.39, 0.29) is 24.3 Å². The van der Waals surface area contributed by atoms with Gasteiger partial charge < -0.3 is 14.6 Å². The van der Waals surface area contributed by atoms with Crippen LogP contribution in [0.4, 0.5) is 5.00 Å². The minimum Gasteiger partial charge on any atom is -0.462 e. The summed E-state index contributed by atoms with van der Waals surface area (Å²) in [5, 5.41) is 3.12. The summed E-state index contributed by atoms with van der Waals surface area (Å²) in [6.07, 6.45) is 1.34. The van der Waals surface area contributed by atoms with Gasteiger partial charge in [-0.1, -0.05) is 0 Å². The second-order valence-corrected chi connectivity index (χ2v) is 7.73. The Balaban J connectivity index is 1.94. The van der Waals surface area contributed by atoms with Crippen molar-refractivity contribution in [3.05, 3.63) is 43.2 Å². The van der Waals surface area contributed by atoms with Gasteiger partial charge in [0.1, 0.15) is 11.5 Å². The third-order valence-corrected chi connectivity index (χ3v) is 5.77. The largest absolute Gasteiger partial charge is 0.462 e. The number of carbonyl (C=O) groups is 2. The van der Waals surface area contributed by atoms with Gasteiger partial charge in [0.05, 0.1) is 18.5 Å². The molecule has 0 fully saturated rings. The molecule has 29 heavy (non-hydrogen) atoms. The lowest BCUT2D eigenvalue weighted by molar-refractivity contribution is -0.116. The first-order valence-electron chi connectivity index (χ1n) is 8.85. The molecule has 3 aromatic heterocycles. The molecule has 11 heteroatoms. The molecule has 0 spiro atoms. The lowest BCUT2D eigenvalue weighted by Crippen LogP contribution is -2.37. The number of esters is 1. The average molecular weight is 419 g/mol. The van der Waals surface area contributed by atoms with Crippen molar-refractivity contribution < 1.29 is 14.3 Å². The molecule has 0 aliphatic rings. The maximum Gasteiger partial charge on any atom is 0.341 e. The molecule has 154 valence electrons. The lowest BCUT2D eigenvalue weighted by Gasteiger charge is -2.09. The molecule has 0 atom stereocenters. The fraction of sp³-hybridized carbons (Fsp3) is 0.389. The first-order valence-corrected chi connectivity index (χ1v) is 9.66. The van der Waals surface area contributed by atoms with E-state index in [1.807, 2.05) is 6.92 Å². The van der Waals surface area contributed by atoms with Crippen LogP contribution in [0.25, 0.3) is 11.2 Å². The normalized spacial score (nSPS) is 11.1. The highest BCUT2D eigenvalue weighted by molar-refractivity contribution is 7.16. The van der Waals surface area contributed by atoms with Gasteiger partial charge in [-0.25, -0.2) is 14.6 Å². The molecule has 0 saturated carbocycles. The van der Waals surface area contributed by atoms with Crippen LogP contribution in [0.5, 0.6) is 0 Å². The van der Waals surface area contributed by atoms with Crippen molar-refractivity contribution in [1.82, 2.24) is 18.7 Å². The topological polar surface area (TPSA) is 117 Å². The molecule has 0 radical (unpaired) electrons. The number of rotatable bonds is 5. The van der Waals surface area contributed by atoms with Gasteiger partial charge in [0, 0.05) is 19.0 Å². The fourth-order valence-electron chi connectivity index (χ4n) is 3.00. The zero-order valence-corrected chi connectivity index (χ0v) is 17.5. The van der Waals surface area contributed by atoms with Crippen molar-refractivity contribution in [2.24, 2.45) is 14.1 Å². The van der Waals surface area contributed by atoms with E-state index in [2.05, 4.69) is 10.3 Å². The Morgan fingerprint density at radius 1 is 1.21 bits per heavy atom. The van der Waals surface area contributed by atoms with Crippen LogP contribution >= 0.6 is 11.3 Å². The molecule has 0 aliphatic carbocycles. The number of nitrogens with one attached hydrogen (secondary N) is 1. The van der Waals surface area contributed by atoms with Crippen molar-refractivity contribution in [1.29, 1.82) is 0 Å². The highest BCUT2D eigenvalue weighted by Crippen LogP contribution is 2.33. The minimum atomic E-state index is -0.538. The van der Waals surface area contributed by atoms with E-state index in [0.717, 1.165) is 15.0 Å². The number of hydrogen-bond donors (Lipinski definition) is 1. The van der Waals surface area contributed by atoms with Gasteiger partial charge in [-0.3, -0.25) is 18.7 Å². The fourth-order valence-corrected chi connectivity index (χ4v) is 4.07. The van der Waals surface area contributed by atoms with E-state index in [9.17, 15) is 19.2 Å². The Hall–Kier alpha value is -3.21. The molecule has 10 nitrogen and oxygen atoms in total. The first-order chi connectivity index (χ1) is 13.7. The van der Waals surface area contributed by atoms with Crippen molar-refractivity contribution in [2.45, 2.75) is 27.3 Å². The number of aryl methyl sites for hydroxylation is 2. The number of hydrogen-bond acceptors (Lipinski definition) is 7. The summed E-state index contributed by atoms with van der Waals surface area (Å²) in [7, 11) is 2.87. The Labute approximate surface area is 169 Å². The van der Waals surface area contributed by atoms with E-state index in [1.54, 1.807) is 13.8 Å². The van der Waals surface area contributed by atoms with E-state index < -0.39 is 23.1 Å². The molecule has 1 N–H and O–H groups in total. The second-order valence-electron chi connectivity index (χ2n) is 6.51. The standard InChI is InChI=1S/C18H21N5O5S/c1-6-28-17(26)12-9(2)10(3)29-15(12)20-11(24)7-23-8-19-14-13(23)16(25)22(5)18(27)21(14)4/h8H,6-7H2,1-5H3,(H,20,24). The number of carbonyl (C=O) groups excluding carboxylic acids is 2. The number of anilines is 1. The van der Waals surface area contributed by atoms with Crippen LogP contribution in [0, 0.1) is 13.8 Å². The van der Waals surface area contributed by atoms with E-state index >= 15 is 0 Å². The van der Waals surface area contributed by atoms with Gasteiger partial charge in [-0.2, -0.15) is 0 Å². The van der Waals surface area contributed by atoms with Gasteiger partial charge in [-0.15, -0.1) is 11.3 Å². The number of imidazole rings is 1. The summed E-state index contributed by atoms with van der Waals surface area (Å²) in [4.78, 5) is 54.4. The zero-order valence-electron chi connectivity index (χ0n) is 16.7. The molecule has 1 amide bonds. The summed E-state index contributed by atoms with van der Waals surface area (Å²) in [5.74, 6) is -0.936. The van der Waals surface area contributed by atoms with Crippen LogP contribution in [0.1, 0.15) is 27.7 Å². The number of amides is 1. The smallest absolute Gasteiger partial charge is 0.341 e. The van der Waals surface area contributed by atoms with Gasteiger partial charge >= 0.3 is 11.7 Å². The SMILES string of the molecule is CCOC(=O)c1c(NC(=O)Cn2cnc3c2c(=O)n(C)c(=O)n3C)sc(C)c1C. The van der Waals surface area contributed by atoms with Gasteiger partial charge in [0.25, 0.3) is 5.56 Å². The number of thiophene rings is 1. The Bertz CT molecular complexity index is 1250. The minimum absolute atomic E-state index is 0.147. The molecule has 0 bridgehead atoms. The zero-order chi connectivity index (χ0) is 21.5. The van der Waals surface area contributed by atoms with Crippen molar-refractivity contribution in [2.75, 3.05) is 11.9 Å². The van der Waals surface area contributed by atoms with Crippen LogP contribution in [-0.2, 0) is 30.2 Å². The van der Waals surface area contributed by atoms with Crippen LogP contribution in [-0.4, -0.2) is 37.2 Å². The molecule has 0 aliphatic heterocycles. The maximum absolute atomic E-state index is 12.6. The molecule has 0 unspecified atom stereocenters. The summed E-state index contributed by atoms with van der Waals surface area (Å²) in [6.45, 7) is 5.38. The predicted molar refractivity (Wildman–Crippen MR) is 109 cm³/mol. The Morgan fingerprint density at radius 2 is 1.90 bits per heavy atom. The maximum atomic E-state index is 12.6. The van der Waals surface area contributed by atoms with Crippen molar-refractivity contribution in [3.8, 4) is 0 Å². The molecule has 3 rings (SSSR count). The molecular weight excluding hydrogens is 398 g/mol. The molecule has 0 saturated heterocycles. The van der Waals surface area contributed by atoms with E-state index in [4.69, 9.17) is 4.74 Å². The van der Waals surface area contributed by atoms with Crippen LogP contribution in [0.3, 0.4) is 0 Å². The van der Waals surface area contributed by atoms with Crippen molar-refractivity contribution >= 4 is 39.4 Å².